The molecular weight excluding hydrogens is 140 g/mol. The molecule has 68 valence electrons. The number of rotatable bonds is 7. The molecule has 0 aliphatic heterocycles. The quantitative estimate of drug-likeness (QED) is 0.430. The standard InChI is InChI=1S/C8H20N2O/c1-3-4-8(7-10-9)5-6-11-2/h8,10H,3-7,9H2,1-2H3/t8-/m0/s1. The summed E-state index contributed by atoms with van der Waals surface area (Å²) in [5.74, 6) is 5.91. The van der Waals surface area contributed by atoms with Crippen molar-refractivity contribution < 1.29 is 4.74 Å². The Balaban J connectivity index is 3.34. The molecule has 0 heterocycles. The monoisotopic (exact) mass is 160 g/mol. The number of methoxy groups -OCH3 is 1. The van der Waals surface area contributed by atoms with Crippen molar-refractivity contribution in [2.45, 2.75) is 26.2 Å². The normalized spacial score (nSPS) is 13.4. The van der Waals surface area contributed by atoms with Gasteiger partial charge in [-0.1, -0.05) is 13.3 Å². The first-order valence-electron chi connectivity index (χ1n) is 4.27. The van der Waals surface area contributed by atoms with Gasteiger partial charge < -0.3 is 4.74 Å². The molecule has 3 nitrogen and oxygen atoms in total. The summed E-state index contributed by atoms with van der Waals surface area (Å²) < 4.78 is 5.00. The van der Waals surface area contributed by atoms with E-state index < -0.39 is 0 Å². The van der Waals surface area contributed by atoms with Crippen molar-refractivity contribution in [3.63, 3.8) is 0 Å². The topological polar surface area (TPSA) is 47.3 Å². The summed E-state index contributed by atoms with van der Waals surface area (Å²) in [6, 6.07) is 0. The van der Waals surface area contributed by atoms with Crippen molar-refractivity contribution in [3.05, 3.63) is 0 Å². The van der Waals surface area contributed by atoms with Crippen molar-refractivity contribution >= 4 is 0 Å². The van der Waals surface area contributed by atoms with Crippen LogP contribution < -0.4 is 11.3 Å². The molecule has 0 bridgehead atoms. The highest BCUT2D eigenvalue weighted by atomic mass is 16.5. The fourth-order valence-electron chi connectivity index (χ4n) is 1.21. The van der Waals surface area contributed by atoms with E-state index in [4.69, 9.17) is 10.6 Å². The minimum absolute atomic E-state index is 0.671. The predicted octanol–water partition coefficient (Wildman–Crippen LogP) is 0.903. The van der Waals surface area contributed by atoms with E-state index in [-0.39, 0.29) is 0 Å². The van der Waals surface area contributed by atoms with E-state index in [1.807, 2.05) is 0 Å². The minimum atomic E-state index is 0.671. The van der Waals surface area contributed by atoms with E-state index in [1.54, 1.807) is 7.11 Å². The summed E-state index contributed by atoms with van der Waals surface area (Å²) in [7, 11) is 1.74. The van der Waals surface area contributed by atoms with Crippen LogP contribution in [0.3, 0.4) is 0 Å². The second-order valence-electron chi connectivity index (χ2n) is 2.84. The molecule has 3 N–H and O–H groups in total. The van der Waals surface area contributed by atoms with E-state index in [9.17, 15) is 0 Å². The minimum Gasteiger partial charge on any atom is -0.385 e. The van der Waals surface area contributed by atoms with Crippen LogP contribution in [0.25, 0.3) is 0 Å². The van der Waals surface area contributed by atoms with Crippen LogP contribution in [-0.4, -0.2) is 20.3 Å². The molecule has 0 spiro atoms. The number of hydrogen-bond acceptors (Lipinski definition) is 3. The van der Waals surface area contributed by atoms with Gasteiger partial charge in [-0.2, -0.15) is 0 Å². The van der Waals surface area contributed by atoms with E-state index in [2.05, 4.69) is 12.3 Å². The van der Waals surface area contributed by atoms with Gasteiger partial charge in [-0.05, 0) is 18.8 Å². The van der Waals surface area contributed by atoms with Gasteiger partial charge in [-0.25, -0.2) is 0 Å². The molecule has 0 aliphatic carbocycles. The van der Waals surface area contributed by atoms with Gasteiger partial charge in [0.05, 0.1) is 0 Å². The fourth-order valence-corrected chi connectivity index (χ4v) is 1.21. The summed E-state index contributed by atoms with van der Waals surface area (Å²) in [4.78, 5) is 0. The Labute approximate surface area is 69.3 Å². The lowest BCUT2D eigenvalue weighted by Gasteiger charge is -2.14. The van der Waals surface area contributed by atoms with Crippen LogP contribution in [-0.2, 0) is 4.74 Å². The Bertz CT molecular complexity index is 72.5. The first-order valence-corrected chi connectivity index (χ1v) is 4.27. The zero-order valence-corrected chi connectivity index (χ0v) is 7.60. The Morgan fingerprint density at radius 1 is 1.45 bits per heavy atom. The summed E-state index contributed by atoms with van der Waals surface area (Å²) in [6.07, 6.45) is 3.55. The van der Waals surface area contributed by atoms with Gasteiger partial charge in [0.25, 0.3) is 0 Å². The van der Waals surface area contributed by atoms with Crippen molar-refractivity contribution in [1.82, 2.24) is 5.43 Å². The Kier molecular flexibility index (Phi) is 7.89. The van der Waals surface area contributed by atoms with Crippen LogP contribution in [0, 0.1) is 5.92 Å². The van der Waals surface area contributed by atoms with E-state index in [1.165, 1.54) is 12.8 Å². The molecule has 0 fully saturated rings. The average Bonchev–Trinajstić information content (AvgIpc) is 2.01. The van der Waals surface area contributed by atoms with Gasteiger partial charge in [-0.15, -0.1) is 0 Å². The van der Waals surface area contributed by atoms with Gasteiger partial charge >= 0.3 is 0 Å². The van der Waals surface area contributed by atoms with Gasteiger partial charge in [0.2, 0.25) is 0 Å². The zero-order valence-electron chi connectivity index (χ0n) is 7.60. The third-order valence-electron chi connectivity index (χ3n) is 1.83. The van der Waals surface area contributed by atoms with Crippen molar-refractivity contribution in [2.24, 2.45) is 11.8 Å². The number of nitrogens with one attached hydrogen (secondary N) is 1. The van der Waals surface area contributed by atoms with Gasteiger partial charge in [0, 0.05) is 20.3 Å². The molecule has 0 aliphatic rings. The maximum Gasteiger partial charge on any atom is 0.0465 e. The molecule has 0 unspecified atom stereocenters. The molecule has 11 heavy (non-hydrogen) atoms. The highest BCUT2D eigenvalue weighted by molar-refractivity contribution is 4.59. The number of nitrogens with two attached hydrogens (primary N) is 1. The summed E-state index contributed by atoms with van der Waals surface area (Å²) in [6.45, 7) is 3.93. The zero-order chi connectivity index (χ0) is 8.53. The third-order valence-corrected chi connectivity index (χ3v) is 1.83. The first kappa shape index (κ1) is 10.9. The molecule has 0 rings (SSSR count). The van der Waals surface area contributed by atoms with Crippen LogP contribution in [0.15, 0.2) is 0 Å². The smallest absolute Gasteiger partial charge is 0.0465 e. The lowest BCUT2D eigenvalue weighted by Crippen LogP contribution is -2.29. The van der Waals surface area contributed by atoms with E-state index >= 15 is 0 Å². The van der Waals surface area contributed by atoms with E-state index in [0.29, 0.717) is 5.92 Å². The van der Waals surface area contributed by atoms with Crippen LogP contribution >= 0.6 is 0 Å². The Morgan fingerprint density at radius 2 is 2.18 bits per heavy atom. The SMILES string of the molecule is CCC[C@@H](CCOC)CNN. The highest BCUT2D eigenvalue weighted by Crippen LogP contribution is 2.09. The van der Waals surface area contributed by atoms with Crippen LogP contribution in [0.1, 0.15) is 26.2 Å². The molecule has 1 atom stereocenters. The second kappa shape index (κ2) is 7.98. The molecule has 0 saturated heterocycles. The third kappa shape index (κ3) is 6.28. The summed E-state index contributed by atoms with van der Waals surface area (Å²) in [5.41, 5.74) is 2.71. The van der Waals surface area contributed by atoms with Crippen molar-refractivity contribution in [3.8, 4) is 0 Å². The molecule has 0 amide bonds. The number of ether oxygens (including phenoxy) is 1. The van der Waals surface area contributed by atoms with Gasteiger partial charge in [0.1, 0.15) is 0 Å². The van der Waals surface area contributed by atoms with E-state index in [0.717, 1.165) is 19.6 Å². The lowest BCUT2D eigenvalue weighted by molar-refractivity contribution is 0.174. The molecule has 0 aromatic carbocycles. The molecule has 0 aromatic rings. The number of hydrogen-bond donors (Lipinski definition) is 2. The van der Waals surface area contributed by atoms with Gasteiger partial charge in [-0.3, -0.25) is 11.3 Å². The maximum absolute atomic E-state index is 5.24. The largest absolute Gasteiger partial charge is 0.385 e. The van der Waals surface area contributed by atoms with Crippen LogP contribution in [0.4, 0.5) is 0 Å². The van der Waals surface area contributed by atoms with Crippen molar-refractivity contribution in [1.29, 1.82) is 0 Å². The average molecular weight is 160 g/mol. The second-order valence-corrected chi connectivity index (χ2v) is 2.84. The number of hydrazine groups is 1. The summed E-state index contributed by atoms with van der Waals surface area (Å²) >= 11 is 0. The Morgan fingerprint density at radius 3 is 2.64 bits per heavy atom. The highest BCUT2D eigenvalue weighted by Gasteiger charge is 2.05. The van der Waals surface area contributed by atoms with Crippen LogP contribution in [0.2, 0.25) is 0 Å². The Hall–Kier alpha value is -0.120. The summed E-state index contributed by atoms with van der Waals surface area (Å²) in [5, 5.41) is 0. The molecule has 0 saturated carbocycles. The van der Waals surface area contributed by atoms with Gasteiger partial charge in [0.15, 0.2) is 0 Å². The molecule has 0 aromatic heterocycles. The molecule has 0 radical (unpaired) electrons. The molecular formula is C8H20N2O. The van der Waals surface area contributed by atoms with Crippen LogP contribution in [0.5, 0.6) is 0 Å². The first-order chi connectivity index (χ1) is 5.35. The maximum atomic E-state index is 5.24. The fraction of sp³-hybridized carbons (Fsp3) is 1.00. The molecule has 3 heteroatoms. The predicted molar refractivity (Wildman–Crippen MR) is 47.1 cm³/mol. The van der Waals surface area contributed by atoms with Crippen molar-refractivity contribution in [2.75, 3.05) is 20.3 Å². The lowest BCUT2D eigenvalue weighted by atomic mass is 10.0.